The maximum absolute atomic E-state index is 12.1. The van der Waals surface area contributed by atoms with Crippen LogP contribution in [-0.4, -0.2) is 55.1 Å². The molecule has 22 heavy (non-hydrogen) atoms. The molecule has 0 radical (unpaired) electrons. The maximum atomic E-state index is 12.1. The fraction of sp³-hybridized carbons (Fsp3) is 0.467. The van der Waals surface area contributed by atoms with Gasteiger partial charge in [-0.1, -0.05) is 0 Å². The van der Waals surface area contributed by atoms with Crippen LogP contribution in [0, 0.1) is 0 Å². The van der Waals surface area contributed by atoms with E-state index in [4.69, 9.17) is 4.42 Å². The Hall–Kier alpha value is -1.70. The fourth-order valence-electron chi connectivity index (χ4n) is 2.42. The molecule has 2 N–H and O–H groups in total. The summed E-state index contributed by atoms with van der Waals surface area (Å²) in [6.07, 6.45) is 4.18. The zero-order chi connectivity index (χ0) is 15.2. The van der Waals surface area contributed by atoms with Gasteiger partial charge in [0, 0.05) is 32.7 Å². The van der Waals surface area contributed by atoms with Gasteiger partial charge in [0.1, 0.15) is 4.88 Å². The molecule has 0 spiro atoms. The van der Waals surface area contributed by atoms with Gasteiger partial charge in [0.15, 0.2) is 10.8 Å². The molecule has 0 aromatic carbocycles. The third-order valence-electron chi connectivity index (χ3n) is 3.61. The standard InChI is InChI=1S/C15H20N4O2S/c20-14(17-4-2-7-19-8-5-16-6-9-19)13-11-18-15(22-13)12-3-1-10-21-12/h1,3,10-11,16H,2,4-9H2,(H,17,20). The SMILES string of the molecule is O=C(NCCCN1CCNCC1)c1cnc(-c2ccco2)s1. The van der Waals surface area contributed by atoms with Crippen molar-refractivity contribution in [1.29, 1.82) is 0 Å². The van der Waals surface area contributed by atoms with Gasteiger partial charge in [0.2, 0.25) is 0 Å². The molecule has 7 heteroatoms. The number of nitrogens with one attached hydrogen (secondary N) is 2. The Morgan fingerprint density at radius 2 is 2.32 bits per heavy atom. The largest absolute Gasteiger partial charge is 0.462 e. The highest BCUT2D eigenvalue weighted by atomic mass is 32.1. The fourth-order valence-corrected chi connectivity index (χ4v) is 3.22. The smallest absolute Gasteiger partial charge is 0.263 e. The number of amides is 1. The highest BCUT2D eigenvalue weighted by Gasteiger charge is 2.13. The summed E-state index contributed by atoms with van der Waals surface area (Å²) in [6.45, 7) is 6.02. The van der Waals surface area contributed by atoms with E-state index in [-0.39, 0.29) is 5.91 Å². The van der Waals surface area contributed by atoms with Gasteiger partial charge in [-0.05, 0) is 25.1 Å². The van der Waals surface area contributed by atoms with Crippen molar-refractivity contribution in [3.63, 3.8) is 0 Å². The van der Waals surface area contributed by atoms with Crippen LogP contribution in [0.5, 0.6) is 0 Å². The van der Waals surface area contributed by atoms with Crippen molar-refractivity contribution in [2.24, 2.45) is 0 Å². The summed E-state index contributed by atoms with van der Waals surface area (Å²) >= 11 is 1.35. The lowest BCUT2D eigenvalue weighted by atomic mass is 10.3. The van der Waals surface area contributed by atoms with Crippen LogP contribution in [0.4, 0.5) is 0 Å². The van der Waals surface area contributed by atoms with Crippen LogP contribution in [0.15, 0.2) is 29.0 Å². The Morgan fingerprint density at radius 3 is 3.09 bits per heavy atom. The Balaban J connectivity index is 1.42. The first-order valence-corrected chi connectivity index (χ1v) is 8.35. The van der Waals surface area contributed by atoms with Crippen molar-refractivity contribution in [3.8, 4) is 10.8 Å². The van der Waals surface area contributed by atoms with Crippen molar-refractivity contribution in [1.82, 2.24) is 20.5 Å². The summed E-state index contributed by atoms with van der Waals surface area (Å²) in [6, 6.07) is 3.65. The molecular weight excluding hydrogens is 300 g/mol. The van der Waals surface area contributed by atoms with Gasteiger partial charge in [-0.15, -0.1) is 11.3 Å². The number of hydrogen-bond acceptors (Lipinski definition) is 6. The molecule has 6 nitrogen and oxygen atoms in total. The minimum absolute atomic E-state index is 0.0596. The molecule has 3 heterocycles. The van der Waals surface area contributed by atoms with E-state index in [1.807, 2.05) is 12.1 Å². The highest BCUT2D eigenvalue weighted by Crippen LogP contribution is 2.25. The minimum atomic E-state index is -0.0596. The third kappa shape index (κ3) is 3.94. The first kappa shape index (κ1) is 15.2. The van der Waals surface area contributed by atoms with Crippen molar-refractivity contribution in [3.05, 3.63) is 29.5 Å². The molecular formula is C15H20N4O2S. The van der Waals surface area contributed by atoms with Crippen molar-refractivity contribution >= 4 is 17.2 Å². The van der Waals surface area contributed by atoms with E-state index in [9.17, 15) is 4.79 Å². The summed E-state index contributed by atoms with van der Waals surface area (Å²) in [7, 11) is 0. The zero-order valence-corrected chi connectivity index (χ0v) is 13.2. The van der Waals surface area contributed by atoms with Gasteiger partial charge < -0.3 is 20.0 Å². The number of nitrogens with zero attached hydrogens (tertiary/aromatic N) is 2. The Bertz CT molecular complexity index is 590. The highest BCUT2D eigenvalue weighted by molar-refractivity contribution is 7.16. The first-order valence-electron chi connectivity index (χ1n) is 7.54. The van der Waals surface area contributed by atoms with E-state index in [0.29, 0.717) is 17.2 Å². The zero-order valence-electron chi connectivity index (χ0n) is 12.4. The second-order valence-electron chi connectivity index (χ2n) is 5.21. The number of aromatic nitrogens is 1. The van der Waals surface area contributed by atoms with Crippen LogP contribution < -0.4 is 10.6 Å². The average Bonchev–Trinajstić information content (AvgIpc) is 3.22. The topological polar surface area (TPSA) is 70.4 Å². The number of rotatable bonds is 6. The van der Waals surface area contributed by atoms with Gasteiger partial charge in [-0.3, -0.25) is 4.79 Å². The van der Waals surface area contributed by atoms with Crippen LogP contribution in [-0.2, 0) is 0 Å². The molecule has 0 atom stereocenters. The lowest BCUT2D eigenvalue weighted by molar-refractivity contribution is 0.0955. The molecule has 0 unspecified atom stereocenters. The molecule has 1 aliphatic rings. The van der Waals surface area contributed by atoms with Gasteiger partial charge in [0.25, 0.3) is 5.91 Å². The molecule has 2 aromatic heterocycles. The summed E-state index contributed by atoms with van der Waals surface area (Å²) in [5.41, 5.74) is 0. The molecule has 0 bridgehead atoms. The molecule has 1 fully saturated rings. The molecule has 0 saturated carbocycles. The second-order valence-corrected chi connectivity index (χ2v) is 6.24. The van der Waals surface area contributed by atoms with Crippen molar-refractivity contribution < 1.29 is 9.21 Å². The van der Waals surface area contributed by atoms with E-state index in [2.05, 4.69) is 20.5 Å². The van der Waals surface area contributed by atoms with Gasteiger partial charge in [0.05, 0.1) is 12.5 Å². The van der Waals surface area contributed by atoms with Gasteiger partial charge in [-0.25, -0.2) is 4.98 Å². The molecule has 118 valence electrons. The second kappa shape index (κ2) is 7.53. The third-order valence-corrected chi connectivity index (χ3v) is 4.62. The average molecular weight is 320 g/mol. The van der Waals surface area contributed by atoms with Crippen molar-refractivity contribution in [2.45, 2.75) is 6.42 Å². The number of hydrogen-bond donors (Lipinski definition) is 2. The summed E-state index contributed by atoms with van der Waals surface area (Å²) in [5, 5.41) is 7.02. The molecule has 1 amide bonds. The van der Waals surface area contributed by atoms with Crippen LogP contribution >= 0.6 is 11.3 Å². The number of carbonyl (C=O) groups excluding carboxylic acids is 1. The van der Waals surface area contributed by atoms with E-state index in [1.54, 1.807) is 12.5 Å². The number of furan rings is 1. The minimum Gasteiger partial charge on any atom is -0.462 e. The summed E-state index contributed by atoms with van der Waals surface area (Å²) in [5.74, 6) is 0.637. The predicted molar refractivity (Wildman–Crippen MR) is 86.1 cm³/mol. The predicted octanol–water partition coefficient (Wildman–Crippen LogP) is 1.43. The quantitative estimate of drug-likeness (QED) is 0.788. The van der Waals surface area contributed by atoms with E-state index in [0.717, 1.165) is 44.2 Å². The van der Waals surface area contributed by atoms with E-state index < -0.39 is 0 Å². The lowest BCUT2D eigenvalue weighted by Crippen LogP contribution is -2.44. The van der Waals surface area contributed by atoms with Gasteiger partial charge in [-0.2, -0.15) is 0 Å². The van der Waals surface area contributed by atoms with Crippen LogP contribution in [0.3, 0.4) is 0 Å². The molecule has 2 aromatic rings. The van der Waals surface area contributed by atoms with Gasteiger partial charge >= 0.3 is 0 Å². The molecule has 1 saturated heterocycles. The monoisotopic (exact) mass is 320 g/mol. The van der Waals surface area contributed by atoms with Crippen LogP contribution in [0.25, 0.3) is 10.8 Å². The lowest BCUT2D eigenvalue weighted by Gasteiger charge is -2.26. The molecule has 0 aliphatic carbocycles. The van der Waals surface area contributed by atoms with Crippen LogP contribution in [0.2, 0.25) is 0 Å². The normalized spacial score (nSPS) is 15.8. The first-order chi connectivity index (χ1) is 10.8. The van der Waals surface area contributed by atoms with Crippen LogP contribution in [0.1, 0.15) is 16.1 Å². The molecule has 1 aliphatic heterocycles. The summed E-state index contributed by atoms with van der Waals surface area (Å²) < 4.78 is 5.28. The number of piperazine rings is 1. The van der Waals surface area contributed by atoms with E-state index in [1.165, 1.54) is 11.3 Å². The Labute approximate surface area is 133 Å². The number of thiazole rings is 1. The van der Waals surface area contributed by atoms with E-state index >= 15 is 0 Å². The Morgan fingerprint density at radius 1 is 1.45 bits per heavy atom. The summed E-state index contributed by atoms with van der Waals surface area (Å²) in [4.78, 5) is 19.4. The Kier molecular flexibility index (Phi) is 5.20. The van der Waals surface area contributed by atoms with Crippen molar-refractivity contribution in [2.75, 3.05) is 39.3 Å². The number of carbonyl (C=O) groups is 1. The molecule has 3 rings (SSSR count). The maximum Gasteiger partial charge on any atom is 0.263 e.